The van der Waals surface area contributed by atoms with Crippen LogP contribution in [0.15, 0.2) is 6.20 Å². The SMILES string of the molecule is [CH2]Cc1cnn(C)c1O. The molecule has 1 radical (unpaired) electrons. The Bertz CT molecular complexity index is 205. The number of rotatable bonds is 1. The third-order valence-electron chi connectivity index (χ3n) is 1.25. The minimum absolute atomic E-state index is 0.213. The highest BCUT2D eigenvalue weighted by Gasteiger charge is 2.01. The Balaban J connectivity index is 3.04. The fourth-order valence-corrected chi connectivity index (χ4v) is 0.653. The van der Waals surface area contributed by atoms with Crippen LogP contribution in [0.1, 0.15) is 5.56 Å². The molecule has 0 unspecified atom stereocenters. The third kappa shape index (κ3) is 0.896. The fraction of sp³-hybridized carbons (Fsp3) is 0.333. The van der Waals surface area contributed by atoms with Gasteiger partial charge in [-0.3, -0.25) is 0 Å². The number of hydrogen-bond acceptors (Lipinski definition) is 2. The quantitative estimate of drug-likeness (QED) is 0.593. The maximum atomic E-state index is 9.10. The van der Waals surface area contributed by atoms with Crippen LogP contribution in [0.4, 0.5) is 0 Å². The van der Waals surface area contributed by atoms with E-state index in [-0.39, 0.29) is 5.88 Å². The first-order valence-corrected chi connectivity index (χ1v) is 2.74. The molecule has 1 rings (SSSR count). The summed E-state index contributed by atoms with van der Waals surface area (Å²) in [5.74, 6) is 0.213. The van der Waals surface area contributed by atoms with Gasteiger partial charge in [0.1, 0.15) is 0 Å². The number of nitrogens with zero attached hydrogens (tertiary/aromatic N) is 2. The van der Waals surface area contributed by atoms with Gasteiger partial charge in [0.05, 0.1) is 6.20 Å². The number of aromatic hydroxyl groups is 1. The van der Waals surface area contributed by atoms with E-state index in [1.54, 1.807) is 13.2 Å². The van der Waals surface area contributed by atoms with Crippen LogP contribution in [0.25, 0.3) is 0 Å². The molecule has 1 aromatic heterocycles. The van der Waals surface area contributed by atoms with Crippen molar-refractivity contribution < 1.29 is 5.11 Å². The number of aromatic nitrogens is 2. The molecule has 49 valence electrons. The summed E-state index contributed by atoms with van der Waals surface area (Å²) in [5, 5.41) is 12.9. The zero-order chi connectivity index (χ0) is 6.85. The second kappa shape index (κ2) is 2.09. The van der Waals surface area contributed by atoms with Crippen LogP contribution in [0.3, 0.4) is 0 Å². The van der Waals surface area contributed by atoms with Crippen LogP contribution in [-0.2, 0) is 13.5 Å². The van der Waals surface area contributed by atoms with Crippen molar-refractivity contribution in [1.82, 2.24) is 9.78 Å². The summed E-state index contributed by atoms with van der Waals surface area (Å²) < 4.78 is 1.42. The summed E-state index contributed by atoms with van der Waals surface area (Å²) in [6, 6.07) is 0. The first-order chi connectivity index (χ1) is 4.25. The van der Waals surface area contributed by atoms with Crippen molar-refractivity contribution in [2.45, 2.75) is 6.42 Å². The van der Waals surface area contributed by atoms with Crippen LogP contribution in [0, 0.1) is 6.92 Å². The molecule has 1 N–H and O–H groups in total. The highest BCUT2D eigenvalue weighted by Crippen LogP contribution is 2.13. The maximum absolute atomic E-state index is 9.10. The molecule has 0 saturated heterocycles. The molecule has 0 aromatic carbocycles. The highest BCUT2D eigenvalue weighted by atomic mass is 16.3. The summed E-state index contributed by atoms with van der Waals surface area (Å²) in [6.07, 6.45) is 2.20. The van der Waals surface area contributed by atoms with Crippen molar-refractivity contribution >= 4 is 0 Å². The van der Waals surface area contributed by atoms with Gasteiger partial charge >= 0.3 is 0 Å². The molecular formula is C6H9N2O. The van der Waals surface area contributed by atoms with E-state index in [2.05, 4.69) is 12.0 Å². The minimum atomic E-state index is 0.213. The van der Waals surface area contributed by atoms with Gasteiger partial charge in [0.25, 0.3) is 0 Å². The summed E-state index contributed by atoms with van der Waals surface area (Å²) >= 11 is 0. The molecule has 0 atom stereocenters. The Kier molecular flexibility index (Phi) is 1.42. The van der Waals surface area contributed by atoms with Gasteiger partial charge in [-0.2, -0.15) is 5.10 Å². The average molecular weight is 125 g/mol. The zero-order valence-electron chi connectivity index (χ0n) is 5.33. The van der Waals surface area contributed by atoms with Crippen LogP contribution in [0.2, 0.25) is 0 Å². The van der Waals surface area contributed by atoms with E-state index in [0.717, 1.165) is 5.56 Å². The molecule has 0 fully saturated rings. The Hall–Kier alpha value is -0.990. The first kappa shape index (κ1) is 6.13. The van der Waals surface area contributed by atoms with E-state index in [1.165, 1.54) is 4.68 Å². The topological polar surface area (TPSA) is 38.0 Å². The molecule has 0 saturated carbocycles. The predicted molar refractivity (Wildman–Crippen MR) is 33.9 cm³/mol. The minimum Gasteiger partial charge on any atom is -0.493 e. The van der Waals surface area contributed by atoms with Crippen LogP contribution in [0.5, 0.6) is 5.88 Å². The van der Waals surface area contributed by atoms with E-state index in [1.807, 2.05) is 0 Å². The Labute approximate surface area is 53.9 Å². The van der Waals surface area contributed by atoms with Crippen molar-refractivity contribution in [3.8, 4) is 5.88 Å². The number of hydrogen-bond donors (Lipinski definition) is 1. The van der Waals surface area contributed by atoms with E-state index in [4.69, 9.17) is 5.11 Å². The monoisotopic (exact) mass is 125 g/mol. The zero-order valence-corrected chi connectivity index (χ0v) is 5.33. The molecule has 1 aromatic rings. The van der Waals surface area contributed by atoms with Gasteiger partial charge in [0, 0.05) is 12.6 Å². The fourth-order valence-electron chi connectivity index (χ4n) is 0.653. The lowest BCUT2D eigenvalue weighted by Gasteiger charge is -1.92. The van der Waals surface area contributed by atoms with E-state index in [9.17, 15) is 0 Å². The second-order valence-electron chi connectivity index (χ2n) is 1.87. The van der Waals surface area contributed by atoms with Gasteiger partial charge in [-0.25, -0.2) is 4.68 Å². The molecule has 3 nitrogen and oxygen atoms in total. The lowest BCUT2D eigenvalue weighted by molar-refractivity contribution is 0.415. The largest absolute Gasteiger partial charge is 0.493 e. The second-order valence-corrected chi connectivity index (χ2v) is 1.87. The molecule has 9 heavy (non-hydrogen) atoms. The molecule has 0 aliphatic carbocycles. The van der Waals surface area contributed by atoms with Gasteiger partial charge in [-0.15, -0.1) is 0 Å². The lowest BCUT2D eigenvalue weighted by atomic mass is 10.3. The van der Waals surface area contributed by atoms with E-state index >= 15 is 0 Å². The van der Waals surface area contributed by atoms with Crippen molar-refractivity contribution in [3.05, 3.63) is 18.7 Å². The molecule has 0 aliphatic rings. The Morgan fingerprint density at radius 1 is 1.89 bits per heavy atom. The molecule has 1 heterocycles. The average Bonchev–Trinajstić information content (AvgIpc) is 2.15. The molecule has 0 amide bonds. The molecule has 0 bridgehead atoms. The number of aryl methyl sites for hydroxylation is 1. The van der Waals surface area contributed by atoms with Gasteiger partial charge < -0.3 is 5.11 Å². The van der Waals surface area contributed by atoms with Crippen molar-refractivity contribution in [2.24, 2.45) is 7.05 Å². The predicted octanol–water partition coefficient (Wildman–Crippen LogP) is 0.502. The summed E-state index contributed by atoms with van der Waals surface area (Å²) in [7, 11) is 1.69. The summed E-state index contributed by atoms with van der Waals surface area (Å²) in [6.45, 7) is 3.62. The molecule has 3 heteroatoms. The molecular weight excluding hydrogens is 116 g/mol. The van der Waals surface area contributed by atoms with E-state index in [0.29, 0.717) is 6.42 Å². The summed E-state index contributed by atoms with van der Waals surface area (Å²) in [5.41, 5.74) is 0.789. The maximum Gasteiger partial charge on any atom is 0.212 e. The van der Waals surface area contributed by atoms with Gasteiger partial charge in [-0.05, 0) is 13.3 Å². The van der Waals surface area contributed by atoms with E-state index < -0.39 is 0 Å². The molecule has 0 spiro atoms. The van der Waals surface area contributed by atoms with Gasteiger partial charge in [0.15, 0.2) is 0 Å². The van der Waals surface area contributed by atoms with Crippen molar-refractivity contribution in [1.29, 1.82) is 0 Å². The first-order valence-electron chi connectivity index (χ1n) is 2.74. The molecule has 0 aliphatic heterocycles. The normalized spacial score (nSPS) is 10.0. The lowest BCUT2D eigenvalue weighted by Crippen LogP contribution is -1.87. The van der Waals surface area contributed by atoms with Crippen molar-refractivity contribution in [2.75, 3.05) is 0 Å². The van der Waals surface area contributed by atoms with Gasteiger partial charge in [0.2, 0.25) is 5.88 Å². The van der Waals surface area contributed by atoms with Crippen molar-refractivity contribution in [3.63, 3.8) is 0 Å². The Morgan fingerprint density at radius 3 is 2.78 bits per heavy atom. The van der Waals surface area contributed by atoms with Gasteiger partial charge in [-0.1, -0.05) is 0 Å². The van der Waals surface area contributed by atoms with Crippen LogP contribution in [-0.4, -0.2) is 14.9 Å². The van der Waals surface area contributed by atoms with Crippen LogP contribution >= 0.6 is 0 Å². The summed E-state index contributed by atoms with van der Waals surface area (Å²) in [4.78, 5) is 0. The highest BCUT2D eigenvalue weighted by molar-refractivity contribution is 5.22. The standard InChI is InChI=1S/C6H9N2O/c1-3-5-4-7-8(2)6(5)9/h4,9H,1,3H2,2H3. The Morgan fingerprint density at radius 2 is 2.56 bits per heavy atom. The smallest absolute Gasteiger partial charge is 0.212 e. The van der Waals surface area contributed by atoms with Crippen LogP contribution < -0.4 is 0 Å². The third-order valence-corrected chi connectivity index (χ3v) is 1.25.